The standard InChI is InChI=1S/C12H15ClFN3O.C11H12N4S/c1-3-8-4-5-9(6-10(8)13)12(18)17-16-11(15)7(2)14;1-3-8(15-13-2)7-4-5-9-10(6-7)16-11(12)14-9/h4-7H,3H2,1-2H3,(H2,15,16)(H,17,18);3-6H,1-2H3,(H2,12,14)/b;8-3-,15-13?. The van der Waals surface area contributed by atoms with Gasteiger partial charge in [-0.3, -0.25) is 4.79 Å². The minimum absolute atomic E-state index is 0.278. The van der Waals surface area contributed by atoms with Crippen molar-refractivity contribution in [3.05, 3.63) is 64.2 Å². The highest BCUT2D eigenvalue weighted by Gasteiger charge is 2.09. The van der Waals surface area contributed by atoms with Crippen LogP contribution in [0.5, 0.6) is 0 Å². The summed E-state index contributed by atoms with van der Waals surface area (Å²) >= 11 is 7.47. The molecule has 0 aliphatic heterocycles. The molecule has 11 heteroatoms. The maximum atomic E-state index is 12.7. The Bertz CT molecular complexity index is 1240. The van der Waals surface area contributed by atoms with Crippen molar-refractivity contribution < 1.29 is 9.18 Å². The molecule has 1 unspecified atom stereocenters. The smallest absolute Gasteiger partial charge is 0.271 e. The fourth-order valence-electron chi connectivity index (χ4n) is 2.74. The lowest BCUT2D eigenvalue weighted by atomic mass is 10.1. The maximum Gasteiger partial charge on any atom is 0.271 e. The number of carbonyl (C=O) groups is 1. The number of hydrogen-bond acceptors (Lipinski definition) is 7. The predicted molar refractivity (Wildman–Crippen MR) is 139 cm³/mol. The lowest BCUT2D eigenvalue weighted by Crippen LogP contribution is -2.28. The molecule has 1 amide bonds. The van der Waals surface area contributed by atoms with Gasteiger partial charge in [0, 0.05) is 23.2 Å². The molecule has 0 spiro atoms. The monoisotopic (exact) mass is 503 g/mol. The van der Waals surface area contributed by atoms with E-state index in [9.17, 15) is 9.18 Å². The first kappa shape index (κ1) is 26.9. The molecule has 3 rings (SSSR count). The van der Waals surface area contributed by atoms with Crippen LogP contribution in [0, 0.1) is 0 Å². The molecule has 0 bridgehead atoms. The third kappa shape index (κ3) is 7.32. The number of benzene rings is 2. The summed E-state index contributed by atoms with van der Waals surface area (Å²) in [5, 5.41) is 12.4. The molecule has 180 valence electrons. The summed E-state index contributed by atoms with van der Waals surface area (Å²) in [6.45, 7) is 5.14. The lowest BCUT2D eigenvalue weighted by Gasteiger charge is -2.05. The van der Waals surface area contributed by atoms with E-state index in [1.165, 1.54) is 18.3 Å². The average Bonchev–Trinajstić information content (AvgIpc) is 3.20. The number of allylic oxidation sites excluding steroid dienone is 1. The van der Waals surface area contributed by atoms with E-state index in [1.807, 2.05) is 38.1 Å². The molecule has 0 saturated carbocycles. The lowest BCUT2D eigenvalue weighted by molar-refractivity contribution is 0.0954. The molecule has 1 atom stereocenters. The van der Waals surface area contributed by atoms with Gasteiger partial charge in [-0.05, 0) is 50.1 Å². The Labute approximate surface area is 206 Å². The number of azo groups is 1. The minimum Gasteiger partial charge on any atom is -0.383 e. The Hall–Kier alpha value is -3.37. The van der Waals surface area contributed by atoms with E-state index in [4.69, 9.17) is 23.1 Å². The first-order valence-corrected chi connectivity index (χ1v) is 11.6. The molecule has 34 heavy (non-hydrogen) atoms. The molecule has 8 nitrogen and oxygen atoms in total. The summed E-state index contributed by atoms with van der Waals surface area (Å²) in [5.74, 6) is -0.761. The molecule has 1 heterocycles. The van der Waals surface area contributed by atoms with E-state index < -0.39 is 12.1 Å². The van der Waals surface area contributed by atoms with Crippen LogP contribution in [0.2, 0.25) is 5.02 Å². The zero-order valence-corrected chi connectivity index (χ0v) is 20.9. The number of nitrogen functional groups attached to an aromatic ring is 1. The van der Waals surface area contributed by atoms with Crippen LogP contribution in [-0.4, -0.2) is 29.9 Å². The van der Waals surface area contributed by atoms with Gasteiger partial charge in [0.05, 0.1) is 15.9 Å². The number of nitrogens with one attached hydrogen (secondary N) is 1. The number of nitrogens with two attached hydrogens (primary N) is 2. The molecule has 2 aromatic carbocycles. The molecule has 1 aromatic heterocycles. The van der Waals surface area contributed by atoms with E-state index in [-0.39, 0.29) is 5.84 Å². The molecule has 0 aliphatic carbocycles. The third-order valence-electron chi connectivity index (χ3n) is 4.57. The number of fused-ring (bicyclic) bond motifs is 1. The number of hydrogen-bond donors (Lipinski definition) is 3. The van der Waals surface area contributed by atoms with E-state index >= 15 is 0 Å². The van der Waals surface area contributed by atoms with E-state index in [1.54, 1.807) is 25.2 Å². The summed E-state index contributed by atoms with van der Waals surface area (Å²) in [6, 6.07) is 10.9. The number of halogens is 2. The largest absolute Gasteiger partial charge is 0.383 e. The van der Waals surface area contributed by atoms with Crippen molar-refractivity contribution >= 4 is 55.7 Å². The topological polar surface area (TPSA) is 131 Å². The molecule has 0 aliphatic rings. The molecule has 0 saturated heterocycles. The van der Waals surface area contributed by atoms with Crippen molar-refractivity contribution in [2.75, 3.05) is 12.8 Å². The number of aryl methyl sites for hydroxylation is 1. The number of amidine groups is 1. The SMILES string of the molecule is C/C=C(\N=NC)c1ccc2nc(N)sc2c1.CCc1ccc(C(=O)N/N=C(\N)C(C)F)cc1Cl. The summed E-state index contributed by atoms with van der Waals surface area (Å²) in [7, 11) is 1.66. The number of nitrogens with zero attached hydrogens (tertiary/aromatic N) is 4. The van der Waals surface area contributed by atoms with Crippen molar-refractivity contribution in [3.8, 4) is 0 Å². The van der Waals surface area contributed by atoms with Gasteiger partial charge in [-0.2, -0.15) is 15.3 Å². The zero-order valence-electron chi connectivity index (χ0n) is 19.3. The highest BCUT2D eigenvalue weighted by molar-refractivity contribution is 7.22. The van der Waals surface area contributed by atoms with Crippen LogP contribution >= 0.6 is 22.9 Å². The number of hydrazone groups is 1. The van der Waals surface area contributed by atoms with Crippen LogP contribution in [0.15, 0.2) is 57.8 Å². The molecule has 5 N–H and O–H groups in total. The number of aromatic nitrogens is 1. The summed E-state index contributed by atoms with van der Waals surface area (Å²) in [6.07, 6.45) is 1.31. The number of rotatable bonds is 6. The molecular formula is C23H27ClFN7OS. The van der Waals surface area contributed by atoms with Crippen molar-refractivity contribution in [1.29, 1.82) is 0 Å². The van der Waals surface area contributed by atoms with Crippen molar-refractivity contribution in [2.24, 2.45) is 21.1 Å². The Morgan fingerprint density at radius 3 is 2.59 bits per heavy atom. The van der Waals surface area contributed by atoms with Gasteiger partial charge < -0.3 is 11.5 Å². The average molecular weight is 504 g/mol. The molecule has 3 aromatic rings. The van der Waals surface area contributed by atoms with Gasteiger partial charge in [-0.25, -0.2) is 14.8 Å². The number of amides is 1. The minimum atomic E-state index is -1.41. The van der Waals surface area contributed by atoms with Crippen LogP contribution in [0.25, 0.3) is 15.9 Å². The Balaban J connectivity index is 0.000000241. The first-order valence-electron chi connectivity index (χ1n) is 10.4. The second kappa shape index (κ2) is 12.8. The number of carbonyl (C=O) groups excluding carboxylic acids is 1. The highest BCUT2D eigenvalue weighted by Crippen LogP contribution is 2.27. The Morgan fingerprint density at radius 2 is 2.00 bits per heavy atom. The van der Waals surface area contributed by atoms with Crippen LogP contribution in [0.4, 0.5) is 9.52 Å². The number of anilines is 1. The van der Waals surface area contributed by atoms with Gasteiger partial charge >= 0.3 is 0 Å². The maximum absolute atomic E-state index is 12.7. The Morgan fingerprint density at radius 1 is 1.29 bits per heavy atom. The van der Waals surface area contributed by atoms with Crippen molar-refractivity contribution in [1.82, 2.24) is 10.4 Å². The number of alkyl halides is 1. The summed E-state index contributed by atoms with van der Waals surface area (Å²) in [4.78, 5) is 15.9. The molecule has 0 fully saturated rings. The van der Waals surface area contributed by atoms with Crippen LogP contribution in [-0.2, 0) is 6.42 Å². The second-order valence-electron chi connectivity index (χ2n) is 6.96. The van der Waals surface area contributed by atoms with Gasteiger partial charge in [-0.1, -0.05) is 48.1 Å². The van der Waals surface area contributed by atoms with Gasteiger partial charge in [0.1, 0.15) is 0 Å². The fraction of sp³-hybridized carbons (Fsp3) is 0.261. The van der Waals surface area contributed by atoms with E-state index in [0.717, 1.165) is 33.5 Å². The van der Waals surface area contributed by atoms with Crippen LogP contribution < -0.4 is 16.9 Å². The summed E-state index contributed by atoms with van der Waals surface area (Å²) in [5.41, 5.74) is 17.2. The molecule has 0 radical (unpaired) electrons. The third-order valence-corrected chi connectivity index (χ3v) is 5.77. The van der Waals surface area contributed by atoms with Gasteiger partial charge in [0.15, 0.2) is 17.1 Å². The van der Waals surface area contributed by atoms with Crippen LogP contribution in [0.1, 0.15) is 42.3 Å². The van der Waals surface area contributed by atoms with Gasteiger partial charge in [0.2, 0.25) is 0 Å². The van der Waals surface area contributed by atoms with Gasteiger partial charge in [-0.15, -0.1) is 0 Å². The first-order chi connectivity index (χ1) is 16.2. The summed E-state index contributed by atoms with van der Waals surface area (Å²) < 4.78 is 13.8. The van der Waals surface area contributed by atoms with Gasteiger partial charge in [0.25, 0.3) is 5.91 Å². The fourth-order valence-corrected chi connectivity index (χ4v) is 3.82. The quantitative estimate of drug-likeness (QED) is 0.175. The Kier molecular flexibility index (Phi) is 10.1. The van der Waals surface area contributed by atoms with Crippen molar-refractivity contribution in [2.45, 2.75) is 33.4 Å². The second-order valence-corrected chi connectivity index (χ2v) is 8.43. The van der Waals surface area contributed by atoms with Crippen molar-refractivity contribution in [3.63, 3.8) is 0 Å². The van der Waals surface area contributed by atoms with Crippen LogP contribution in [0.3, 0.4) is 0 Å². The number of thiazole rings is 1. The normalized spacial score (nSPS) is 13.0. The highest BCUT2D eigenvalue weighted by atomic mass is 35.5. The van der Waals surface area contributed by atoms with E-state index in [0.29, 0.717) is 15.7 Å². The zero-order chi connectivity index (χ0) is 25.3. The van der Waals surface area contributed by atoms with E-state index in [2.05, 4.69) is 25.7 Å². The molecular weight excluding hydrogens is 477 g/mol. The predicted octanol–water partition coefficient (Wildman–Crippen LogP) is 5.58.